The Hall–Kier alpha value is -1.72. The van der Waals surface area contributed by atoms with Crippen molar-refractivity contribution >= 4 is 17.3 Å². The molecule has 22 heavy (non-hydrogen) atoms. The summed E-state index contributed by atoms with van der Waals surface area (Å²) in [5, 5.41) is 0. The van der Waals surface area contributed by atoms with E-state index < -0.39 is 12.1 Å². The van der Waals surface area contributed by atoms with Crippen molar-refractivity contribution in [3.8, 4) is 0 Å². The fourth-order valence-electron chi connectivity index (χ4n) is 2.93. The van der Waals surface area contributed by atoms with Crippen LogP contribution in [0.25, 0.3) is 0 Å². The first-order chi connectivity index (χ1) is 10.2. The van der Waals surface area contributed by atoms with Crippen LogP contribution in [0.15, 0.2) is 18.2 Å². The molecule has 0 spiro atoms. The van der Waals surface area contributed by atoms with Crippen LogP contribution in [-0.2, 0) is 4.79 Å². The molecule has 0 aliphatic carbocycles. The predicted molar refractivity (Wildman–Crippen MR) is 81.3 cm³/mol. The van der Waals surface area contributed by atoms with Gasteiger partial charge < -0.3 is 9.80 Å². The molecule has 6 heteroatoms. The Morgan fingerprint density at radius 1 is 1.32 bits per heavy atom. The fraction of sp³-hybridized carbons (Fsp3) is 0.562. The quantitative estimate of drug-likeness (QED) is 0.826. The zero-order chi connectivity index (χ0) is 16.5. The molecule has 2 rings (SSSR count). The van der Waals surface area contributed by atoms with Crippen molar-refractivity contribution < 1.29 is 18.0 Å². The van der Waals surface area contributed by atoms with Gasteiger partial charge in [-0.2, -0.15) is 13.2 Å². The third-order valence-electron chi connectivity index (χ3n) is 4.23. The van der Waals surface area contributed by atoms with Crippen LogP contribution < -0.4 is 9.80 Å². The molecule has 1 unspecified atom stereocenters. The van der Waals surface area contributed by atoms with Gasteiger partial charge in [0.15, 0.2) is 0 Å². The highest BCUT2D eigenvalue weighted by Crippen LogP contribution is 2.31. The fourth-order valence-corrected chi connectivity index (χ4v) is 2.93. The van der Waals surface area contributed by atoms with E-state index in [2.05, 4.69) is 11.8 Å². The number of anilines is 2. The molecule has 0 aromatic heterocycles. The zero-order valence-corrected chi connectivity index (χ0v) is 13.1. The molecular formula is C16H21F3N2O. The number of hydrogen-bond acceptors (Lipinski definition) is 2. The van der Waals surface area contributed by atoms with Crippen molar-refractivity contribution in [2.45, 2.75) is 45.3 Å². The monoisotopic (exact) mass is 314 g/mol. The molecule has 1 aromatic rings. The Morgan fingerprint density at radius 2 is 2.00 bits per heavy atom. The number of aryl methyl sites for hydroxylation is 1. The van der Waals surface area contributed by atoms with Crippen LogP contribution in [0, 0.1) is 6.92 Å². The molecule has 1 aromatic carbocycles. The summed E-state index contributed by atoms with van der Waals surface area (Å²) in [6.45, 7) is 4.98. The van der Waals surface area contributed by atoms with Gasteiger partial charge in [-0.05, 0) is 56.9 Å². The average molecular weight is 314 g/mol. The summed E-state index contributed by atoms with van der Waals surface area (Å²) in [6, 6.07) is 5.45. The minimum absolute atomic E-state index is 0.258. The largest absolute Gasteiger partial charge is 0.471 e. The minimum atomic E-state index is -4.86. The second-order valence-electron chi connectivity index (χ2n) is 5.87. The van der Waals surface area contributed by atoms with E-state index in [4.69, 9.17) is 0 Å². The van der Waals surface area contributed by atoms with Crippen LogP contribution in [0.3, 0.4) is 0 Å². The number of carbonyl (C=O) groups is 1. The summed E-state index contributed by atoms with van der Waals surface area (Å²) < 4.78 is 37.5. The summed E-state index contributed by atoms with van der Waals surface area (Å²) in [4.78, 5) is 14.2. The molecule has 1 aliphatic rings. The van der Waals surface area contributed by atoms with E-state index in [9.17, 15) is 18.0 Å². The Labute approximate surface area is 128 Å². The summed E-state index contributed by atoms with van der Waals surface area (Å²) in [5.41, 5.74) is 2.17. The number of piperidine rings is 1. The van der Waals surface area contributed by atoms with Gasteiger partial charge >= 0.3 is 12.1 Å². The van der Waals surface area contributed by atoms with Crippen molar-refractivity contribution in [3.05, 3.63) is 23.8 Å². The summed E-state index contributed by atoms with van der Waals surface area (Å²) in [6.07, 6.45) is -1.41. The molecule has 122 valence electrons. The Kier molecular flexibility index (Phi) is 4.68. The molecule has 0 saturated carbocycles. The van der Waals surface area contributed by atoms with Gasteiger partial charge in [-0.1, -0.05) is 0 Å². The van der Waals surface area contributed by atoms with Crippen molar-refractivity contribution in [1.29, 1.82) is 0 Å². The molecule has 1 saturated heterocycles. The zero-order valence-electron chi connectivity index (χ0n) is 13.1. The van der Waals surface area contributed by atoms with Gasteiger partial charge in [0.1, 0.15) is 0 Å². The molecule has 1 heterocycles. The van der Waals surface area contributed by atoms with Crippen LogP contribution in [0.4, 0.5) is 24.5 Å². The molecule has 0 N–H and O–H groups in total. The molecule has 1 atom stereocenters. The van der Waals surface area contributed by atoms with Gasteiger partial charge in [0.2, 0.25) is 0 Å². The van der Waals surface area contributed by atoms with Crippen LogP contribution in [0.2, 0.25) is 0 Å². The molecule has 1 fully saturated rings. The average Bonchev–Trinajstić information content (AvgIpc) is 2.45. The first-order valence-corrected chi connectivity index (χ1v) is 7.44. The maximum Gasteiger partial charge on any atom is 0.471 e. The van der Waals surface area contributed by atoms with E-state index >= 15 is 0 Å². The molecule has 0 radical (unpaired) electrons. The second kappa shape index (κ2) is 6.18. The summed E-state index contributed by atoms with van der Waals surface area (Å²) in [5.74, 6) is -1.86. The summed E-state index contributed by atoms with van der Waals surface area (Å²) >= 11 is 0. The number of carbonyl (C=O) groups excluding carboxylic acids is 1. The second-order valence-corrected chi connectivity index (χ2v) is 5.87. The van der Waals surface area contributed by atoms with E-state index in [-0.39, 0.29) is 5.69 Å². The molecule has 1 aliphatic heterocycles. The molecule has 3 nitrogen and oxygen atoms in total. The maximum absolute atomic E-state index is 12.5. The minimum Gasteiger partial charge on any atom is -0.369 e. The number of alkyl halides is 3. The lowest BCUT2D eigenvalue weighted by Crippen LogP contribution is -2.39. The van der Waals surface area contributed by atoms with Gasteiger partial charge in [-0.25, -0.2) is 0 Å². The molecular weight excluding hydrogens is 293 g/mol. The standard InChI is InChI=1S/C16H21F3N2O/c1-11-10-13(20(3)15(22)16(17,18)19)7-8-14(11)21-9-5-4-6-12(21)2/h7-8,10,12H,4-6,9H2,1-3H3. The molecule has 1 amide bonds. The van der Waals surface area contributed by atoms with Gasteiger partial charge in [-0.3, -0.25) is 4.79 Å². The Morgan fingerprint density at radius 3 is 2.55 bits per heavy atom. The van der Waals surface area contributed by atoms with Crippen LogP contribution in [0.5, 0.6) is 0 Å². The summed E-state index contributed by atoms with van der Waals surface area (Å²) in [7, 11) is 1.15. The first kappa shape index (κ1) is 16.6. The lowest BCUT2D eigenvalue weighted by atomic mass is 10.0. The number of rotatable bonds is 2. The SMILES string of the molecule is Cc1cc(N(C)C(=O)C(F)(F)F)ccc1N1CCCCC1C. The van der Waals surface area contributed by atoms with Crippen LogP contribution in [-0.4, -0.2) is 31.7 Å². The van der Waals surface area contributed by atoms with Crippen LogP contribution in [0.1, 0.15) is 31.7 Å². The van der Waals surface area contributed by atoms with Crippen molar-refractivity contribution in [3.63, 3.8) is 0 Å². The highest BCUT2D eigenvalue weighted by atomic mass is 19.4. The number of hydrogen-bond donors (Lipinski definition) is 0. The van der Waals surface area contributed by atoms with E-state index in [1.54, 1.807) is 12.1 Å². The number of halogens is 3. The third-order valence-corrected chi connectivity index (χ3v) is 4.23. The van der Waals surface area contributed by atoms with Gasteiger partial charge in [0, 0.05) is 31.0 Å². The third kappa shape index (κ3) is 3.36. The van der Waals surface area contributed by atoms with Crippen LogP contribution >= 0.6 is 0 Å². The Bertz CT molecular complexity index is 557. The van der Waals surface area contributed by atoms with Crippen molar-refractivity contribution in [1.82, 2.24) is 0 Å². The van der Waals surface area contributed by atoms with E-state index in [1.807, 2.05) is 13.0 Å². The lowest BCUT2D eigenvalue weighted by Gasteiger charge is -2.36. The lowest BCUT2D eigenvalue weighted by molar-refractivity contribution is -0.170. The van der Waals surface area contributed by atoms with E-state index in [1.165, 1.54) is 6.42 Å². The number of nitrogens with zero attached hydrogens (tertiary/aromatic N) is 2. The highest BCUT2D eigenvalue weighted by Gasteiger charge is 2.41. The van der Waals surface area contributed by atoms with Gasteiger partial charge in [-0.15, -0.1) is 0 Å². The normalized spacial score (nSPS) is 19.2. The highest BCUT2D eigenvalue weighted by molar-refractivity contribution is 5.97. The predicted octanol–water partition coefficient (Wildman–Crippen LogP) is 3.90. The maximum atomic E-state index is 12.5. The van der Waals surface area contributed by atoms with E-state index in [0.717, 1.165) is 37.7 Å². The van der Waals surface area contributed by atoms with Gasteiger partial charge in [0.25, 0.3) is 0 Å². The first-order valence-electron chi connectivity index (χ1n) is 7.44. The van der Waals surface area contributed by atoms with Gasteiger partial charge in [0.05, 0.1) is 0 Å². The number of amides is 1. The topological polar surface area (TPSA) is 23.6 Å². The molecule has 0 bridgehead atoms. The Balaban J connectivity index is 2.24. The number of benzene rings is 1. The van der Waals surface area contributed by atoms with Crippen molar-refractivity contribution in [2.75, 3.05) is 23.4 Å². The van der Waals surface area contributed by atoms with E-state index in [0.29, 0.717) is 10.9 Å². The van der Waals surface area contributed by atoms with Crippen molar-refractivity contribution in [2.24, 2.45) is 0 Å². The smallest absolute Gasteiger partial charge is 0.369 e.